The maximum atomic E-state index is 9.45. The number of halogens is 1. The summed E-state index contributed by atoms with van der Waals surface area (Å²) in [5.74, 6) is 0. The van der Waals surface area contributed by atoms with Crippen LogP contribution in [0.4, 0.5) is 0 Å². The van der Waals surface area contributed by atoms with Gasteiger partial charge < -0.3 is 20.1 Å². The number of aliphatic hydroxyl groups excluding tert-OH is 3. The molecule has 89 valence electrons. The third kappa shape index (κ3) is 7.54. The van der Waals surface area contributed by atoms with Crippen LogP contribution in [0.1, 0.15) is 0 Å². The molecule has 0 amide bonds. The van der Waals surface area contributed by atoms with E-state index in [9.17, 15) is 10.2 Å². The zero-order valence-corrected chi connectivity index (χ0v) is 23.8. The number of hydrogen-bond donors (Lipinski definition) is 3. The smallest absolute Gasteiger partial charge is 0.142 e. The van der Waals surface area contributed by atoms with Gasteiger partial charge in [0.1, 0.15) is 23.8 Å². The van der Waals surface area contributed by atoms with E-state index in [2.05, 4.69) is 10.0 Å². The van der Waals surface area contributed by atoms with Gasteiger partial charge >= 0.3 is 0 Å². The fraction of sp³-hybridized carbons (Fsp3) is 1.00. The second-order valence-corrected chi connectivity index (χ2v) is 3.32. The minimum atomic E-state index is -1.33. The molecule has 5 atom stereocenters. The summed E-state index contributed by atoms with van der Waals surface area (Å²) in [5.41, 5.74) is 7.11. The van der Waals surface area contributed by atoms with E-state index in [-0.39, 0.29) is 132 Å². The molecule has 0 aromatic carbocycles. The largest absolute Gasteiger partial charge is 0.394 e. The zero-order chi connectivity index (χ0) is 10.7. The summed E-state index contributed by atoms with van der Waals surface area (Å²) in [5, 5.41) is 30.8. The Kier molecular flexibility index (Phi) is 20.3. The molecule has 0 aromatic rings. The Hall–Kier alpha value is 3.76. The van der Waals surface area contributed by atoms with Crippen molar-refractivity contribution in [2.24, 2.45) is 5.11 Å². The molecule has 3 radical (unpaired) electrons. The minimum absolute atomic E-state index is 0. The van der Waals surface area contributed by atoms with E-state index in [1.165, 1.54) is 0 Å². The van der Waals surface area contributed by atoms with E-state index in [1.54, 1.807) is 0 Å². The molecular formula is C6H10Ac3ClN3O4. The Bertz CT molecular complexity index is 259. The molecule has 0 aromatic heterocycles. The molecule has 2 unspecified atom stereocenters. The van der Waals surface area contributed by atoms with Crippen LogP contribution in [0.3, 0.4) is 0 Å². The van der Waals surface area contributed by atoms with Crippen LogP contribution in [0.2, 0.25) is 0 Å². The van der Waals surface area contributed by atoms with Crippen LogP contribution in [-0.2, 0) is 4.74 Å². The average molecular weight is 905 g/mol. The summed E-state index contributed by atoms with van der Waals surface area (Å²) in [6.07, 6.45) is -3.61. The zero-order valence-electron chi connectivity index (χ0n) is 8.80. The van der Waals surface area contributed by atoms with Crippen molar-refractivity contribution >= 4 is 11.6 Å². The summed E-state index contributed by atoms with van der Waals surface area (Å²) >= 11 is 5.63. The van der Waals surface area contributed by atoms with Crippen molar-refractivity contribution in [1.82, 2.24) is 0 Å². The van der Waals surface area contributed by atoms with Gasteiger partial charge in [0, 0.05) is 137 Å². The predicted molar refractivity (Wildman–Crippen MR) is 46.5 cm³/mol. The number of alkyl halides is 1. The Morgan fingerprint density at radius 3 is 2.18 bits per heavy atom. The van der Waals surface area contributed by atoms with Crippen LogP contribution in [0.25, 0.3) is 10.4 Å². The maximum absolute atomic E-state index is 9.45. The summed E-state index contributed by atoms with van der Waals surface area (Å²) in [6.45, 7) is -0.468. The molecule has 0 spiro atoms. The number of rotatable bonds is 2. The van der Waals surface area contributed by atoms with Crippen molar-refractivity contribution < 1.29 is 152 Å². The molecule has 1 aliphatic rings. The van der Waals surface area contributed by atoms with Crippen molar-refractivity contribution in [2.75, 3.05) is 6.61 Å². The quantitative estimate of drug-likeness (QED) is 0.148. The molecule has 0 saturated carbocycles. The summed E-state index contributed by atoms with van der Waals surface area (Å²) in [6, 6.07) is -1.06. The molecule has 11 heteroatoms. The molecule has 0 aliphatic carbocycles. The van der Waals surface area contributed by atoms with Crippen molar-refractivity contribution in [3.05, 3.63) is 10.4 Å². The number of aliphatic hydroxyl groups is 3. The number of ether oxygens (including phenoxy) is 1. The molecule has 1 fully saturated rings. The fourth-order valence-electron chi connectivity index (χ4n) is 1.24. The molecule has 7 nitrogen and oxygen atoms in total. The van der Waals surface area contributed by atoms with E-state index in [1.807, 2.05) is 0 Å². The third-order valence-corrected chi connectivity index (χ3v) is 2.38. The number of nitrogens with zero attached hydrogens (tertiary/aromatic N) is 3. The van der Waals surface area contributed by atoms with Gasteiger partial charge in [-0.3, -0.25) is 0 Å². The molecule has 1 aliphatic heterocycles. The first-order valence-corrected chi connectivity index (χ1v) is 4.36. The van der Waals surface area contributed by atoms with E-state index in [0.717, 1.165) is 0 Å². The predicted octanol–water partition coefficient (Wildman–Crippen LogP) is -0.657. The van der Waals surface area contributed by atoms with Gasteiger partial charge in [-0.1, -0.05) is 16.7 Å². The third-order valence-electron chi connectivity index (χ3n) is 2.02. The average Bonchev–Trinajstić information content (AvgIpc) is 2.18. The Balaban J connectivity index is -0.000000653. The van der Waals surface area contributed by atoms with Crippen LogP contribution >= 0.6 is 11.6 Å². The van der Waals surface area contributed by atoms with Gasteiger partial charge in [0.2, 0.25) is 0 Å². The maximum Gasteiger partial charge on any atom is 0.142 e. The van der Waals surface area contributed by atoms with E-state index in [0.29, 0.717) is 0 Å². The van der Waals surface area contributed by atoms with E-state index < -0.39 is 36.5 Å². The van der Waals surface area contributed by atoms with Gasteiger partial charge in [0.25, 0.3) is 0 Å². The SMILES string of the molecule is [Ac].[Ac].[Ac].[N-]=[N+]=NC1[C@H](Cl)OC(CO)[C@H](O)[C@@H]1O. The van der Waals surface area contributed by atoms with Gasteiger partial charge in [-0.15, -0.1) is 0 Å². The van der Waals surface area contributed by atoms with Crippen LogP contribution in [0, 0.1) is 132 Å². The Morgan fingerprint density at radius 1 is 1.24 bits per heavy atom. The first kappa shape index (κ1) is 25.7. The van der Waals surface area contributed by atoms with E-state index in [4.69, 9.17) is 27.0 Å². The van der Waals surface area contributed by atoms with Crippen LogP contribution in [0.15, 0.2) is 5.11 Å². The second-order valence-electron chi connectivity index (χ2n) is 2.88. The van der Waals surface area contributed by atoms with Gasteiger partial charge in [-0.25, -0.2) is 0 Å². The van der Waals surface area contributed by atoms with Crippen molar-refractivity contribution in [3.8, 4) is 0 Å². The van der Waals surface area contributed by atoms with Crippen LogP contribution in [0.5, 0.6) is 0 Å². The van der Waals surface area contributed by atoms with E-state index >= 15 is 0 Å². The van der Waals surface area contributed by atoms with Gasteiger partial charge in [0.05, 0.1) is 12.7 Å². The second kappa shape index (κ2) is 13.4. The molecule has 17 heavy (non-hydrogen) atoms. The topological polar surface area (TPSA) is 119 Å². The molecule has 1 rings (SSSR count). The summed E-state index contributed by atoms with van der Waals surface area (Å²) in [7, 11) is 0. The van der Waals surface area contributed by atoms with Crippen LogP contribution < -0.4 is 0 Å². The van der Waals surface area contributed by atoms with Crippen molar-refractivity contribution in [3.63, 3.8) is 0 Å². The fourth-order valence-corrected chi connectivity index (χ4v) is 1.57. The summed E-state index contributed by atoms with van der Waals surface area (Å²) in [4.78, 5) is 2.47. The van der Waals surface area contributed by atoms with Crippen molar-refractivity contribution in [1.29, 1.82) is 0 Å². The van der Waals surface area contributed by atoms with Crippen molar-refractivity contribution in [2.45, 2.75) is 29.9 Å². The molecular weight excluding hydrogens is 895 g/mol. The normalized spacial score (nSPS) is 35.4. The monoisotopic (exact) mass is 904 g/mol. The number of hydrogen-bond acceptors (Lipinski definition) is 5. The number of azide groups is 1. The molecule has 1 heterocycles. The first-order valence-electron chi connectivity index (χ1n) is 3.92. The van der Waals surface area contributed by atoms with Gasteiger partial charge in [-0.2, -0.15) is 0 Å². The first-order chi connectivity index (χ1) is 6.61. The molecule has 3 N–H and O–H groups in total. The summed E-state index contributed by atoms with van der Waals surface area (Å²) < 4.78 is 4.92. The van der Waals surface area contributed by atoms with Gasteiger partial charge in [0.15, 0.2) is 0 Å². The van der Waals surface area contributed by atoms with Gasteiger partial charge in [-0.05, 0) is 5.53 Å². The Morgan fingerprint density at radius 2 is 1.76 bits per heavy atom. The molecule has 1 saturated heterocycles. The van der Waals surface area contributed by atoms with Crippen LogP contribution in [-0.4, -0.2) is 51.8 Å². The Labute approximate surface area is 211 Å². The molecule has 0 bridgehead atoms. The minimum Gasteiger partial charge on any atom is -0.394 e. The standard InChI is InChI=1S/C6H10ClN3O4.3Ac/c7-6-3(9-10-8)5(13)4(12)2(1-11)14-6;;;/h2-6,11-13H,1H2;;;/t2?,3?,4-,5+,6+;;;/m0.../s1.